The van der Waals surface area contributed by atoms with Crippen LogP contribution in [0.4, 0.5) is 0 Å². The first-order valence-electron chi connectivity index (χ1n) is 9.54. The maximum atomic E-state index is 12.3. The van der Waals surface area contributed by atoms with Crippen molar-refractivity contribution in [2.45, 2.75) is 52.1 Å². The highest BCUT2D eigenvalue weighted by Gasteiger charge is 2.42. The number of nitrogens with one attached hydrogen (secondary N) is 1. The molecule has 156 valence electrons. The molecule has 5 nitrogen and oxygen atoms in total. The van der Waals surface area contributed by atoms with E-state index < -0.39 is 6.04 Å². The number of carbonyl (C=O) groups excluding carboxylic acids is 1. The average molecular weight is 427 g/mol. The zero-order valence-corrected chi connectivity index (χ0v) is 18.3. The van der Waals surface area contributed by atoms with E-state index in [2.05, 4.69) is 36.3 Å². The minimum atomic E-state index is -0.551. The third kappa shape index (κ3) is 7.12. The molecule has 0 aliphatic heterocycles. The fourth-order valence-corrected chi connectivity index (χ4v) is 3.61. The fourth-order valence-electron chi connectivity index (χ4n) is 3.61. The number of imidazole rings is 1. The van der Waals surface area contributed by atoms with E-state index in [0.717, 1.165) is 18.8 Å². The minimum Gasteiger partial charge on any atom is -0.354 e. The number of amides is 1. The Morgan fingerprint density at radius 2 is 1.93 bits per heavy atom. The fraction of sp³-hybridized carbons (Fsp3) is 0.524. The van der Waals surface area contributed by atoms with Crippen molar-refractivity contribution in [3.8, 4) is 0 Å². The van der Waals surface area contributed by atoms with Gasteiger partial charge in [0.05, 0.1) is 18.1 Å². The van der Waals surface area contributed by atoms with Gasteiger partial charge in [0, 0.05) is 25.7 Å². The van der Waals surface area contributed by atoms with Gasteiger partial charge in [0.1, 0.15) is 0 Å². The van der Waals surface area contributed by atoms with E-state index >= 15 is 0 Å². The quantitative estimate of drug-likeness (QED) is 0.643. The van der Waals surface area contributed by atoms with Gasteiger partial charge in [-0.15, -0.1) is 24.8 Å². The summed E-state index contributed by atoms with van der Waals surface area (Å²) >= 11 is 0. The van der Waals surface area contributed by atoms with E-state index in [1.165, 1.54) is 24.8 Å². The topological polar surface area (TPSA) is 72.9 Å². The highest BCUT2D eigenvalue weighted by Crippen LogP contribution is 2.49. The molecule has 0 saturated heterocycles. The van der Waals surface area contributed by atoms with Gasteiger partial charge >= 0.3 is 0 Å². The Morgan fingerprint density at radius 3 is 2.54 bits per heavy atom. The first-order valence-corrected chi connectivity index (χ1v) is 9.54. The largest absolute Gasteiger partial charge is 0.354 e. The van der Waals surface area contributed by atoms with Crippen LogP contribution in [0.1, 0.15) is 44.4 Å². The zero-order chi connectivity index (χ0) is 18.6. The highest BCUT2D eigenvalue weighted by molar-refractivity contribution is 5.85. The van der Waals surface area contributed by atoms with E-state index in [0.29, 0.717) is 17.8 Å². The Bertz CT molecular complexity index is 729. The molecular formula is C21H32Cl2N4O. The standard InChI is InChI=1S/C21H30N4O.2ClH/c1-16(2)11-21(8-9-21)14-23-20(26)19(22)10-18-13-25(15-24-18)12-17-6-4-3-5-7-17;;/h3-7,13,15-16,19H,8-12,14,22H2,1-2H3,(H,23,26);2*1H/t19-;;/m0../s1. The molecule has 1 aromatic heterocycles. The lowest BCUT2D eigenvalue weighted by Gasteiger charge is -2.19. The van der Waals surface area contributed by atoms with E-state index in [-0.39, 0.29) is 30.7 Å². The Balaban J connectivity index is 0.00000196. The van der Waals surface area contributed by atoms with Crippen LogP contribution >= 0.6 is 24.8 Å². The molecule has 0 bridgehead atoms. The van der Waals surface area contributed by atoms with Gasteiger partial charge in [0.15, 0.2) is 0 Å². The number of rotatable bonds is 9. The van der Waals surface area contributed by atoms with E-state index in [9.17, 15) is 4.79 Å². The normalized spacial score (nSPS) is 15.3. The van der Waals surface area contributed by atoms with Crippen LogP contribution in [0.25, 0.3) is 0 Å². The summed E-state index contributed by atoms with van der Waals surface area (Å²) in [5.74, 6) is 0.592. The predicted octanol–water partition coefficient (Wildman–Crippen LogP) is 3.59. The Hall–Kier alpha value is -1.56. The molecule has 3 N–H and O–H groups in total. The number of nitrogens with two attached hydrogens (primary N) is 1. The summed E-state index contributed by atoms with van der Waals surface area (Å²) in [5, 5.41) is 3.06. The second kappa shape index (κ2) is 10.8. The van der Waals surface area contributed by atoms with Crippen LogP contribution in [-0.4, -0.2) is 28.0 Å². The van der Waals surface area contributed by atoms with E-state index in [4.69, 9.17) is 5.73 Å². The number of hydrogen-bond acceptors (Lipinski definition) is 3. The number of halogens is 2. The van der Waals surface area contributed by atoms with Crippen molar-refractivity contribution < 1.29 is 4.79 Å². The van der Waals surface area contributed by atoms with Gasteiger partial charge in [-0.25, -0.2) is 4.98 Å². The molecule has 1 amide bonds. The molecule has 1 aliphatic rings. The van der Waals surface area contributed by atoms with Crippen molar-refractivity contribution in [3.05, 3.63) is 54.1 Å². The van der Waals surface area contributed by atoms with E-state index in [1.54, 1.807) is 6.33 Å². The Morgan fingerprint density at radius 1 is 1.25 bits per heavy atom. The molecule has 0 spiro atoms. The van der Waals surface area contributed by atoms with Crippen molar-refractivity contribution in [1.82, 2.24) is 14.9 Å². The van der Waals surface area contributed by atoms with Gasteiger partial charge in [-0.2, -0.15) is 0 Å². The third-order valence-electron chi connectivity index (χ3n) is 5.10. The van der Waals surface area contributed by atoms with Crippen LogP contribution in [0.2, 0.25) is 0 Å². The Kier molecular flexibility index (Phi) is 9.48. The molecule has 0 unspecified atom stereocenters. The van der Waals surface area contributed by atoms with Crippen molar-refractivity contribution >= 4 is 30.7 Å². The van der Waals surface area contributed by atoms with Gasteiger partial charge in [-0.05, 0) is 36.2 Å². The van der Waals surface area contributed by atoms with Gasteiger partial charge in [0.25, 0.3) is 0 Å². The summed E-state index contributed by atoms with van der Waals surface area (Å²) in [6, 6.07) is 9.68. The molecule has 1 aliphatic carbocycles. The van der Waals surface area contributed by atoms with E-state index in [1.807, 2.05) is 29.0 Å². The molecule has 1 saturated carbocycles. The first kappa shape index (κ1) is 24.5. The van der Waals surface area contributed by atoms with Crippen molar-refractivity contribution in [2.75, 3.05) is 6.54 Å². The summed E-state index contributed by atoms with van der Waals surface area (Å²) < 4.78 is 2.02. The summed E-state index contributed by atoms with van der Waals surface area (Å²) in [6.45, 7) is 5.99. The highest BCUT2D eigenvalue weighted by atomic mass is 35.5. The number of nitrogens with zero attached hydrogens (tertiary/aromatic N) is 2. The maximum Gasteiger partial charge on any atom is 0.237 e. The van der Waals surface area contributed by atoms with Crippen molar-refractivity contribution in [1.29, 1.82) is 0 Å². The molecule has 3 rings (SSSR count). The lowest BCUT2D eigenvalue weighted by atomic mass is 9.94. The number of carbonyl (C=O) groups is 1. The smallest absolute Gasteiger partial charge is 0.237 e. The second-order valence-corrected chi connectivity index (χ2v) is 8.15. The van der Waals surface area contributed by atoms with Crippen LogP contribution in [0.5, 0.6) is 0 Å². The molecule has 2 aromatic rings. The van der Waals surface area contributed by atoms with Crippen LogP contribution in [0.15, 0.2) is 42.9 Å². The van der Waals surface area contributed by atoms with Gasteiger partial charge in [0.2, 0.25) is 5.91 Å². The predicted molar refractivity (Wildman–Crippen MR) is 118 cm³/mol. The minimum absolute atomic E-state index is 0. The molecule has 1 aromatic carbocycles. The second-order valence-electron chi connectivity index (χ2n) is 8.15. The van der Waals surface area contributed by atoms with Gasteiger partial charge in [-0.3, -0.25) is 4.79 Å². The molecule has 1 fully saturated rings. The summed E-state index contributed by atoms with van der Waals surface area (Å²) in [5.41, 5.74) is 8.50. The molecule has 1 heterocycles. The van der Waals surface area contributed by atoms with Gasteiger partial charge in [-0.1, -0.05) is 44.2 Å². The van der Waals surface area contributed by atoms with Crippen molar-refractivity contribution in [2.24, 2.45) is 17.1 Å². The molecule has 28 heavy (non-hydrogen) atoms. The molecular weight excluding hydrogens is 395 g/mol. The summed E-state index contributed by atoms with van der Waals surface area (Å²) in [6.07, 6.45) is 7.84. The lowest BCUT2D eigenvalue weighted by molar-refractivity contribution is -0.122. The van der Waals surface area contributed by atoms with Crippen LogP contribution in [0, 0.1) is 11.3 Å². The maximum absolute atomic E-state index is 12.3. The number of hydrogen-bond donors (Lipinski definition) is 2. The first-order chi connectivity index (χ1) is 12.5. The third-order valence-corrected chi connectivity index (χ3v) is 5.10. The Labute approximate surface area is 180 Å². The van der Waals surface area contributed by atoms with Crippen LogP contribution in [-0.2, 0) is 17.8 Å². The summed E-state index contributed by atoms with van der Waals surface area (Å²) in [7, 11) is 0. The average Bonchev–Trinajstić information content (AvgIpc) is 3.23. The van der Waals surface area contributed by atoms with Crippen LogP contribution in [0.3, 0.4) is 0 Å². The number of aromatic nitrogens is 2. The zero-order valence-electron chi connectivity index (χ0n) is 16.6. The molecule has 1 atom stereocenters. The lowest BCUT2D eigenvalue weighted by Crippen LogP contribution is -2.44. The molecule has 0 radical (unpaired) electrons. The van der Waals surface area contributed by atoms with Gasteiger partial charge < -0.3 is 15.6 Å². The molecule has 7 heteroatoms. The van der Waals surface area contributed by atoms with Crippen molar-refractivity contribution in [3.63, 3.8) is 0 Å². The SMILES string of the molecule is CC(C)CC1(CNC(=O)[C@@H](N)Cc2cn(Cc3ccccc3)cn2)CC1.Cl.Cl. The van der Waals surface area contributed by atoms with Crippen LogP contribution < -0.4 is 11.1 Å². The number of benzene rings is 1. The summed E-state index contributed by atoms with van der Waals surface area (Å²) in [4.78, 5) is 16.7. The monoisotopic (exact) mass is 426 g/mol.